The first-order valence-electron chi connectivity index (χ1n) is 16.5. The first-order chi connectivity index (χ1) is 24.7. The van der Waals surface area contributed by atoms with Gasteiger partial charge in [-0.15, -0.1) is 0 Å². The van der Waals surface area contributed by atoms with E-state index in [-0.39, 0.29) is 0 Å². The van der Waals surface area contributed by atoms with Crippen LogP contribution in [0.2, 0.25) is 0 Å². The van der Waals surface area contributed by atoms with Crippen molar-refractivity contribution in [3.05, 3.63) is 187 Å². The van der Waals surface area contributed by atoms with Gasteiger partial charge < -0.3 is 0 Å². The number of fused-ring (bicyclic) bond motifs is 1. The Morgan fingerprint density at radius 2 is 0.760 bits per heavy atom. The Bertz CT molecular complexity index is 2540. The molecule has 8 rings (SSSR count). The Morgan fingerprint density at radius 3 is 1.26 bits per heavy atom. The maximum absolute atomic E-state index is 9.25. The van der Waals surface area contributed by atoms with Crippen molar-refractivity contribution in [2.45, 2.75) is 0 Å². The predicted octanol–water partition coefficient (Wildman–Crippen LogP) is 12.0. The topological polar surface area (TPSA) is 60.5 Å². The van der Waals surface area contributed by atoms with Crippen LogP contribution in [0, 0.1) is 22.7 Å². The van der Waals surface area contributed by atoms with Crippen molar-refractivity contribution in [2.75, 3.05) is 0 Å². The molecule has 0 aliphatic heterocycles. The van der Waals surface area contributed by atoms with E-state index in [4.69, 9.17) is 4.98 Å². The van der Waals surface area contributed by atoms with Gasteiger partial charge in [-0.3, -0.25) is 0 Å². The van der Waals surface area contributed by atoms with E-state index in [2.05, 4.69) is 133 Å². The van der Waals surface area contributed by atoms with E-state index in [9.17, 15) is 10.5 Å². The van der Waals surface area contributed by atoms with Crippen molar-refractivity contribution >= 4 is 10.8 Å². The zero-order valence-electron chi connectivity index (χ0n) is 27.1. The summed E-state index contributed by atoms with van der Waals surface area (Å²) in [6, 6.07) is 64.6. The summed E-state index contributed by atoms with van der Waals surface area (Å²) in [7, 11) is 0. The first-order valence-corrected chi connectivity index (χ1v) is 16.5. The van der Waals surface area contributed by atoms with E-state index in [1.54, 1.807) is 0 Å². The second-order valence-corrected chi connectivity index (χ2v) is 12.2. The van der Waals surface area contributed by atoms with Gasteiger partial charge in [0.1, 0.15) is 0 Å². The standard InChI is InChI=1S/C47H29N3/c48-30-32-11-15-35(16-12-32)37-19-23-40(24-20-37)46-29-44-43(39-9-5-2-6-10-39)27-42(34-7-3-1-4-8-34)28-45(44)47(50-46)41-25-21-38(22-26-41)36-17-13-33(31-49)14-18-36/h1-29H. The van der Waals surface area contributed by atoms with Crippen LogP contribution in [0.1, 0.15) is 11.1 Å². The quantitative estimate of drug-likeness (QED) is 0.183. The van der Waals surface area contributed by atoms with Gasteiger partial charge >= 0.3 is 0 Å². The van der Waals surface area contributed by atoms with Crippen LogP contribution >= 0.6 is 0 Å². The number of aromatic nitrogens is 1. The summed E-state index contributed by atoms with van der Waals surface area (Å²) in [6.07, 6.45) is 0. The van der Waals surface area contributed by atoms with Crippen LogP contribution in [-0.2, 0) is 0 Å². The predicted molar refractivity (Wildman–Crippen MR) is 204 cm³/mol. The molecule has 0 saturated carbocycles. The van der Waals surface area contributed by atoms with Crippen LogP contribution in [0.15, 0.2) is 176 Å². The highest BCUT2D eigenvalue weighted by Crippen LogP contribution is 2.40. The summed E-state index contributed by atoms with van der Waals surface area (Å²) in [5.41, 5.74) is 14.0. The van der Waals surface area contributed by atoms with Gasteiger partial charge in [0.2, 0.25) is 0 Å². The fourth-order valence-corrected chi connectivity index (χ4v) is 6.50. The van der Waals surface area contributed by atoms with E-state index in [1.165, 1.54) is 0 Å². The molecule has 0 N–H and O–H groups in total. The number of benzene rings is 7. The van der Waals surface area contributed by atoms with Gasteiger partial charge in [0.15, 0.2) is 0 Å². The molecule has 0 radical (unpaired) electrons. The molecule has 0 amide bonds. The van der Waals surface area contributed by atoms with Crippen LogP contribution in [0.4, 0.5) is 0 Å². The minimum Gasteiger partial charge on any atom is -0.247 e. The van der Waals surface area contributed by atoms with Crippen LogP contribution in [0.25, 0.3) is 77.8 Å². The minimum atomic E-state index is 0.645. The Balaban J connectivity index is 1.32. The molecule has 7 aromatic carbocycles. The van der Waals surface area contributed by atoms with Crippen molar-refractivity contribution in [3.63, 3.8) is 0 Å². The van der Waals surface area contributed by atoms with Crippen molar-refractivity contribution in [2.24, 2.45) is 0 Å². The molecule has 232 valence electrons. The summed E-state index contributed by atoms with van der Waals surface area (Å²) < 4.78 is 0. The normalized spacial score (nSPS) is 10.8. The highest BCUT2D eigenvalue weighted by Gasteiger charge is 2.16. The monoisotopic (exact) mass is 635 g/mol. The van der Waals surface area contributed by atoms with Gasteiger partial charge in [-0.25, -0.2) is 4.98 Å². The molecule has 0 aliphatic rings. The second kappa shape index (κ2) is 13.2. The van der Waals surface area contributed by atoms with Gasteiger partial charge in [0.25, 0.3) is 0 Å². The summed E-state index contributed by atoms with van der Waals surface area (Å²) in [4.78, 5) is 5.39. The van der Waals surface area contributed by atoms with Crippen LogP contribution < -0.4 is 0 Å². The average Bonchev–Trinajstić information content (AvgIpc) is 3.21. The molecule has 0 spiro atoms. The molecule has 0 bridgehead atoms. The largest absolute Gasteiger partial charge is 0.247 e. The van der Waals surface area contributed by atoms with Gasteiger partial charge in [0.05, 0.1) is 34.7 Å². The lowest BCUT2D eigenvalue weighted by Crippen LogP contribution is -1.94. The lowest BCUT2D eigenvalue weighted by molar-refractivity contribution is 1.35. The molecule has 0 fully saturated rings. The highest BCUT2D eigenvalue weighted by atomic mass is 14.7. The molecule has 1 aromatic heterocycles. The Kier molecular flexibility index (Phi) is 8.00. The molecular weight excluding hydrogens is 607 g/mol. The molecule has 3 nitrogen and oxygen atoms in total. The van der Waals surface area contributed by atoms with Crippen molar-refractivity contribution in [1.29, 1.82) is 10.5 Å². The van der Waals surface area contributed by atoms with E-state index < -0.39 is 0 Å². The van der Waals surface area contributed by atoms with Crippen molar-refractivity contribution in [3.8, 4) is 79.2 Å². The maximum Gasteiger partial charge on any atom is 0.0991 e. The molecule has 0 aliphatic carbocycles. The molecule has 8 aromatic rings. The molecular formula is C47H29N3. The van der Waals surface area contributed by atoms with E-state index in [0.717, 1.165) is 77.8 Å². The summed E-state index contributed by atoms with van der Waals surface area (Å²) in [6.45, 7) is 0. The highest BCUT2D eigenvalue weighted by molar-refractivity contribution is 6.07. The minimum absolute atomic E-state index is 0.645. The number of hydrogen-bond acceptors (Lipinski definition) is 3. The van der Waals surface area contributed by atoms with Gasteiger partial charge in [-0.2, -0.15) is 10.5 Å². The maximum atomic E-state index is 9.25. The molecule has 0 atom stereocenters. The number of pyridine rings is 1. The third-order valence-corrected chi connectivity index (χ3v) is 9.17. The van der Waals surface area contributed by atoms with E-state index >= 15 is 0 Å². The fraction of sp³-hybridized carbons (Fsp3) is 0. The summed E-state index contributed by atoms with van der Waals surface area (Å²) >= 11 is 0. The number of rotatable bonds is 6. The number of nitrogens with zero attached hydrogens (tertiary/aromatic N) is 3. The van der Waals surface area contributed by atoms with E-state index in [1.807, 2.05) is 54.6 Å². The molecule has 1 heterocycles. The summed E-state index contributed by atoms with van der Waals surface area (Å²) in [5, 5.41) is 20.7. The smallest absolute Gasteiger partial charge is 0.0991 e. The third kappa shape index (κ3) is 5.93. The molecule has 3 heteroatoms. The lowest BCUT2D eigenvalue weighted by atomic mass is 9.90. The summed E-state index contributed by atoms with van der Waals surface area (Å²) in [5.74, 6) is 0. The van der Waals surface area contributed by atoms with Crippen LogP contribution in [-0.4, -0.2) is 4.98 Å². The van der Waals surface area contributed by atoms with E-state index in [0.29, 0.717) is 11.1 Å². The Morgan fingerprint density at radius 1 is 0.340 bits per heavy atom. The van der Waals surface area contributed by atoms with Gasteiger partial charge in [-0.1, -0.05) is 133 Å². The fourth-order valence-electron chi connectivity index (χ4n) is 6.50. The Labute approximate surface area is 291 Å². The van der Waals surface area contributed by atoms with Crippen LogP contribution in [0.3, 0.4) is 0 Å². The van der Waals surface area contributed by atoms with Crippen molar-refractivity contribution < 1.29 is 0 Å². The second-order valence-electron chi connectivity index (χ2n) is 12.2. The molecule has 0 saturated heterocycles. The SMILES string of the molecule is N#Cc1ccc(-c2ccc(-c3cc4c(-c5ccccc5)cc(-c5ccccc5)cc4c(-c4ccc(-c5ccc(C#N)cc5)cc4)n3)cc2)cc1. The molecule has 50 heavy (non-hydrogen) atoms. The third-order valence-electron chi connectivity index (χ3n) is 9.17. The van der Waals surface area contributed by atoms with Crippen LogP contribution in [0.5, 0.6) is 0 Å². The Hall–Kier alpha value is -7.07. The first kappa shape index (κ1) is 30.3. The van der Waals surface area contributed by atoms with Gasteiger partial charge in [0, 0.05) is 16.5 Å². The van der Waals surface area contributed by atoms with Gasteiger partial charge in [-0.05, 0) is 92.4 Å². The van der Waals surface area contributed by atoms with Crippen molar-refractivity contribution in [1.82, 2.24) is 4.98 Å². The number of hydrogen-bond donors (Lipinski definition) is 0. The lowest BCUT2D eigenvalue weighted by Gasteiger charge is -2.17. The zero-order valence-corrected chi connectivity index (χ0v) is 27.1. The number of nitriles is 2. The zero-order chi connectivity index (χ0) is 33.9. The average molecular weight is 636 g/mol. The molecule has 0 unspecified atom stereocenters.